The fourth-order valence-corrected chi connectivity index (χ4v) is 2.15. The lowest BCUT2D eigenvalue weighted by molar-refractivity contribution is 0.635. The van der Waals surface area contributed by atoms with Crippen molar-refractivity contribution in [3.8, 4) is 0 Å². The van der Waals surface area contributed by atoms with Crippen LogP contribution in [0.2, 0.25) is 0 Å². The molecule has 0 spiro atoms. The highest BCUT2D eigenvalue weighted by Crippen LogP contribution is 2.10. The molecule has 0 aliphatic heterocycles. The third kappa shape index (κ3) is 2.68. The van der Waals surface area contributed by atoms with Crippen LogP contribution < -0.4 is 5.32 Å². The number of nitrogens with one attached hydrogen (secondary N) is 1. The first-order chi connectivity index (χ1) is 7.79. The average molecular weight is 236 g/mol. The van der Waals surface area contributed by atoms with Crippen molar-refractivity contribution in [3.63, 3.8) is 0 Å². The van der Waals surface area contributed by atoms with E-state index in [4.69, 9.17) is 0 Å². The average Bonchev–Trinajstić information content (AvgIpc) is 2.86. The molecule has 0 aliphatic rings. The molecule has 0 fully saturated rings. The van der Waals surface area contributed by atoms with Crippen LogP contribution in [-0.4, -0.2) is 21.1 Å². The Bertz CT molecular complexity index is 446. The van der Waals surface area contributed by atoms with Crippen molar-refractivity contribution in [2.24, 2.45) is 0 Å². The zero-order valence-corrected chi connectivity index (χ0v) is 10.4. The molecule has 86 valence electrons. The molecule has 0 saturated heterocycles. The Morgan fingerprint density at radius 1 is 1.50 bits per heavy atom. The summed E-state index contributed by atoms with van der Waals surface area (Å²) in [6.45, 7) is 6.71. The van der Waals surface area contributed by atoms with Crippen molar-refractivity contribution in [2.45, 2.75) is 26.9 Å². The van der Waals surface area contributed by atoms with Gasteiger partial charge in [-0.1, -0.05) is 6.92 Å². The molecule has 5 heteroatoms. The number of imidazole rings is 1. The summed E-state index contributed by atoms with van der Waals surface area (Å²) in [7, 11) is 0. The second-order valence-electron chi connectivity index (χ2n) is 3.61. The highest BCUT2D eigenvalue weighted by molar-refractivity contribution is 7.09. The largest absolute Gasteiger partial charge is 0.328 e. The maximum atomic E-state index is 4.46. The van der Waals surface area contributed by atoms with Gasteiger partial charge in [-0.2, -0.15) is 0 Å². The normalized spacial score (nSPS) is 10.9. The Morgan fingerprint density at radius 2 is 2.38 bits per heavy atom. The second-order valence-corrected chi connectivity index (χ2v) is 4.67. The van der Waals surface area contributed by atoms with Gasteiger partial charge in [0.05, 0.1) is 23.8 Å². The first-order valence-electron chi connectivity index (χ1n) is 5.41. The predicted octanol–water partition coefficient (Wildman–Crippen LogP) is 1.81. The molecule has 0 bridgehead atoms. The molecule has 16 heavy (non-hydrogen) atoms. The highest BCUT2D eigenvalue weighted by atomic mass is 32.1. The van der Waals surface area contributed by atoms with Gasteiger partial charge >= 0.3 is 0 Å². The van der Waals surface area contributed by atoms with Gasteiger partial charge in [0.25, 0.3) is 0 Å². The zero-order valence-electron chi connectivity index (χ0n) is 9.60. The molecule has 2 heterocycles. The molecular weight excluding hydrogens is 220 g/mol. The smallest absolute Gasteiger partial charge is 0.123 e. The summed E-state index contributed by atoms with van der Waals surface area (Å²) >= 11 is 1.69. The number of aryl methyl sites for hydroxylation is 1. The number of hydrogen-bond acceptors (Lipinski definition) is 4. The molecular formula is C11H16N4S. The Balaban J connectivity index is 2.06. The standard InChI is InChI=1S/C11H16N4S/c1-3-12-6-11-13-4-5-15(11)7-10-8-16-9(2)14-10/h4-5,8,12H,3,6-7H2,1-2H3. The van der Waals surface area contributed by atoms with E-state index in [-0.39, 0.29) is 0 Å². The third-order valence-corrected chi connectivity index (χ3v) is 3.16. The van der Waals surface area contributed by atoms with Crippen molar-refractivity contribution < 1.29 is 0 Å². The van der Waals surface area contributed by atoms with Crippen LogP contribution in [0.25, 0.3) is 0 Å². The maximum absolute atomic E-state index is 4.46. The molecule has 0 unspecified atom stereocenters. The van der Waals surface area contributed by atoms with E-state index in [1.807, 2.05) is 19.3 Å². The lowest BCUT2D eigenvalue weighted by Crippen LogP contribution is -2.16. The Labute approximate surface area is 99.4 Å². The summed E-state index contributed by atoms with van der Waals surface area (Å²) in [5.74, 6) is 1.06. The van der Waals surface area contributed by atoms with E-state index in [9.17, 15) is 0 Å². The van der Waals surface area contributed by atoms with Gasteiger partial charge in [0.1, 0.15) is 5.82 Å². The van der Waals surface area contributed by atoms with Crippen molar-refractivity contribution in [1.82, 2.24) is 19.9 Å². The topological polar surface area (TPSA) is 42.7 Å². The minimum Gasteiger partial charge on any atom is -0.328 e. The number of thiazole rings is 1. The summed E-state index contributed by atoms with van der Waals surface area (Å²) in [5.41, 5.74) is 1.11. The monoisotopic (exact) mass is 236 g/mol. The molecule has 0 radical (unpaired) electrons. The van der Waals surface area contributed by atoms with Crippen LogP contribution in [0.3, 0.4) is 0 Å². The van der Waals surface area contributed by atoms with Crippen molar-refractivity contribution in [3.05, 3.63) is 34.3 Å². The van der Waals surface area contributed by atoms with Crippen LogP contribution in [0, 0.1) is 6.92 Å². The van der Waals surface area contributed by atoms with E-state index in [1.54, 1.807) is 11.3 Å². The molecule has 2 aromatic heterocycles. The highest BCUT2D eigenvalue weighted by Gasteiger charge is 2.04. The Hall–Kier alpha value is -1.20. The predicted molar refractivity (Wildman–Crippen MR) is 65.6 cm³/mol. The van der Waals surface area contributed by atoms with Crippen molar-refractivity contribution >= 4 is 11.3 Å². The number of aromatic nitrogens is 3. The summed E-state index contributed by atoms with van der Waals surface area (Å²) in [5, 5.41) is 6.50. The van der Waals surface area contributed by atoms with E-state index in [0.29, 0.717) is 0 Å². The molecule has 0 aromatic carbocycles. The SMILES string of the molecule is CCNCc1nccn1Cc1csc(C)n1. The van der Waals surface area contributed by atoms with Gasteiger partial charge in [0.15, 0.2) is 0 Å². The first-order valence-corrected chi connectivity index (χ1v) is 6.29. The van der Waals surface area contributed by atoms with E-state index in [0.717, 1.165) is 36.2 Å². The van der Waals surface area contributed by atoms with Gasteiger partial charge in [-0.05, 0) is 13.5 Å². The minimum absolute atomic E-state index is 0.811. The lowest BCUT2D eigenvalue weighted by atomic mass is 10.4. The van der Waals surface area contributed by atoms with Gasteiger partial charge in [-0.15, -0.1) is 11.3 Å². The quantitative estimate of drug-likeness (QED) is 0.861. The summed E-state index contributed by atoms with van der Waals surface area (Å²) in [6.07, 6.45) is 3.84. The molecule has 4 nitrogen and oxygen atoms in total. The lowest BCUT2D eigenvalue weighted by Gasteiger charge is -2.06. The molecule has 2 rings (SSSR count). The van der Waals surface area contributed by atoms with Gasteiger partial charge < -0.3 is 9.88 Å². The molecule has 2 aromatic rings. The third-order valence-electron chi connectivity index (χ3n) is 2.33. The van der Waals surface area contributed by atoms with Gasteiger partial charge in [-0.3, -0.25) is 0 Å². The van der Waals surface area contributed by atoms with Crippen LogP contribution in [0.1, 0.15) is 23.4 Å². The van der Waals surface area contributed by atoms with Crippen LogP contribution in [0.5, 0.6) is 0 Å². The molecule has 1 N–H and O–H groups in total. The summed E-state index contributed by atoms with van der Waals surface area (Å²) in [6, 6.07) is 0. The first kappa shape index (κ1) is 11.3. The Kier molecular flexibility index (Phi) is 3.69. The van der Waals surface area contributed by atoms with Gasteiger partial charge in [0.2, 0.25) is 0 Å². The molecule has 0 amide bonds. The minimum atomic E-state index is 0.811. The number of hydrogen-bond donors (Lipinski definition) is 1. The summed E-state index contributed by atoms with van der Waals surface area (Å²) < 4.78 is 2.14. The van der Waals surface area contributed by atoms with Crippen LogP contribution in [-0.2, 0) is 13.1 Å². The van der Waals surface area contributed by atoms with E-state index < -0.39 is 0 Å². The molecule has 0 saturated carbocycles. The van der Waals surface area contributed by atoms with Crippen LogP contribution in [0.4, 0.5) is 0 Å². The molecule has 0 atom stereocenters. The van der Waals surface area contributed by atoms with Crippen molar-refractivity contribution in [2.75, 3.05) is 6.54 Å². The second kappa shape index (κ2) is 5.23. The van der Waals surface area contributed by atoms with E-state index in [1.165, 1.54) is 0 Å². The van der Waals surface area contributed by atoms with Crippen molar-refractivity contribution in [1.29, 1.82) is 0 Å². The fraction of sp³-hybridized carbons (Fsp3) is 0.455. The zero-order chi connectivity index (χ0) is 11.4. The fourth-order valence-electron chi connectivity index (χ4n) is 1.54. The molecule has 0 aliphatic carbocycles. The number of nitrogens with zero attached hydrogens (tertiary/aromatic N) is 3. The van der Waals surface area contributed by atoms with Crippen LogP contribution >= 0.6 is 11.3 Å². The van der Waals surface area contributed by atoms with Crippen LogP contribution in [0.15, 0.2) is 17.8 Å². The summed E-state index contributed by atoms with van der Waals surface area (Å²) in [4.78, 5) is 8.79. The van der Waals surface area contributed by atoms with E-state index >= 15 is 0 Å². The maximum Gasteiger partial charge on any atom is 0.123 e. The van der Waals surface area contributed by atoms with Gasteiger partial charge in [0, 0.05) is 17.8 Å². The van der Waals surface area contributed by atoms with E-state index in [2.05, 4.69) is 32.2 Å². The van der Waals surface area contributed by atoms with Gasteiger partial charge in [-0.25, -0.2) is 9.97 Å². The Morgan fingerprint density at radius 3 is 3.06 bits per heavy atom. The number of rotatable bonds is 5.